The zero-order chi connectivity index (χ0) is 18.7. The summed E-state index contributed by atoms with van der Waals surface area (Å²) >= 11 is 0. The number of fused-ring (bicyclic) bond motifs is 1. The van der Waals surface area contributed by atoms with E-state index in [1.807, 2.05) is 13.8 Å². The maximum atomic E-state index is 12.5. The van der Waals surface area contributed by atoms with Gasteiger partial charge in [0.05, 0.1) is 5.39 Å². The lowest BCUT2D eigenvalue weighted by atomic mass is 10.1. The molecule has 3 rings (SSSR count). The molecular formula is C19H18N4O3. The standard InChI is InChI=1S/C19H18N4O3/c1-11(2)17(24)20-12-7-9-13(10-8-12)21-19(26)16-14-5-3-4-6-15(14)18(25)23-22-16/h3-11H,1-2H3,(H,20,24)(H,21,26)(H,23,25). The number of carbonyl (C=O) groups excluding carboxylic acids is 2. The van der Waals surface area contributed by atoms with Crippen molar-refractivity contribution >= 4 is 34.0 Å². The highest BCUT2D eigenvalue weighted by atomic mass is 16.2. The average molecular weight is 350 g/mol. The molecule has 0 unspecified atom stereocenters. The summed E-state index contributed by atoms with van der Waals surface area (Å²) in [6, 6.07) is 13.6. The van der Waals surface area contributed by atoms with Crippen molar-refractivity contribution in [1.29, 1.82) is 0 Å². The Morgan fingerprint density at radius 2 is 1.50 bits per heavy atom. The van der Waals surface area contributed by atoms with Gasteiger partial charge in [-0.15, -0.1) is 0 Å². The van der Waals surface area contributed by atoms with E-state index in [1.165, 1.54) is 0 Å². The van der Waals surface area contributed by atoms with E-state index in [-0.39, 0.29) is 23.1 Å². The van der Waals surface area contributed by atoms with Crippen molar-refractivity contribution in [3.63, 3.8) is 0 Å². The third-order valence-corrected chi connectivity index (χ3v) is 3.85. The van der Waals surface area contributed by atoms with Crippen LogP contribution in [0.1, 0.15) is 24.3 Å². The van der Waals surface area contributed by atoms with Crippen molar-refractivity contribution in [2.75, 3.05) is 10.6 Å². The van der Waals surface area contributed by atoms with E-state index in [9.17, 15) is 14.4 Å². The largest absolute Gasteiger partial charge is 0.326 e. The Kier molecular flexibility index (Phi) is 4.79. The molecule has 0 aliphatic rings. The third-order valence-electron chi connectivity index (χ3n) is 3.85. The molecule has 0 aliphatic heterocycles. The molecule has 7 heteroatoms. The van der Waals surface area contributed by atoms with Crippen LogP contribution in [0.25, 0.3) is 10.8 Å². The van der Waals surface area contributed by atoms with Gasteiger partial charge in [0.15, 0.2) is 5.69 Å². The lowest BCUT2D eigenvalue weighted by Gasteiger charge is -2.09. The molecular weight excluding hydrogens is 332 g/mol. The van der Waals surface area contributed by atoms with Crippen molar-refractivity contribution < 1.29 is 9.59 Å². The van der Waals surface area contributed by atoms with Crippen LogP contribution in [0.3, 0.4) is 0 Å². The van der Waals surface area contributed by atoms with Gasteiger partial charge in [0, 0.05) is 22.7 Å². The molecule has 132 valence electrons. The highest BCUT2D eigenvalue weighted by molar-refractivity contribution is 6.11. The summed E-state index contributed by atoms with van der Waals surface area (Å²) in [5.41, 5.74) is 0.990. The number of rotatable bonds is 4. The number of nitrogens with one attached hydrogen (secondary N) is 3. The number of carbonyl (C=O) groups is 2. The smallest absolute Gasteiger partial charge is 0.276 e. The first-order chi connectivity index (χ1) is 12.5. The minimum atomic E-state index is -0.434. The van der Waals surface area contributed by atoms with E-state index in [2.05, 4.69) is 20.8 Å². The summed E-state index contributed by atoms with van der Waals surface area (Å²) in [5.74, 6) is -0.629. The zero-order valence-electron chi connectivity index (χ0n) is 14.4. The van der Waals surface area contributed by atoms with E-state index < -0.39 is 5.91 Å². The fourth-order valence-electron chi connectivity index (χ4n) is 2.40. The molecule has 0 saturated heterocycles. The second kappa shape index (κ2) is 7.18. The number of nitrogens with zero attached hydrogens (tertiary/aromatic N) is 1. The Bertz CT molecular complexity index is 1020. The van der Waals surface area contributed by atoms with Crippen molar-refractivity contribution in [2.24, 2.45) is 5.92 Å². The number of hydrogen-bond donors (Lipinski definition) is 3. The van der Waals surface area contributed by atoms with Crippen LogP contribution in [-0.2, 0) is 4.79 Å². The van der Waals surface area contributed by atoms with Crippen LogP contribution in [0.2, 0.25) is 0 Å². The Morgan fingerprint density at radius 1 is 0.923 bits per heavy atom. The predicted molar refractivity (Wildman–Crippen MR) is 100 cm³/mol. The van der Waals surface area contributed by atoms with E-state index in [0.29, 0.717) is 22.1 Å². The first kappa shape index (κ1) is 17.3. The van der Waals surface area contributed by atoms with Crippen LogP contribution in [0.4, 0.5) is 11.4 Å². The van der Waals surface area contributed by atoms with E-state index >= 15 is 0 Å². The summed E-state index contributed by atoms with van der Waals surface area (Å²) in [6.45, 7) is 3.62. The Balaban J connectivity index is 1.80. The summed E-state index contributed by atoms with van der Waals surface area (Å²) in [7, 11) is 0. The number of aromatic nitrogens is 2. The van der Waals surface area contributed by atoms with Crippen LogP contribution in [0.5, 0.6) is 0 Å². The molecule has 0 saturated carbocycles. The summed E-state index contributed by atoms with van der Waals surface area (Å²) < 4.78 is 0. The maximum absolute atomic E-state index is 12.5. The molecule has 0 spiro atoms. The van der Waals surface area contributed by atoms with Gasteiger partial charge in [-0.3, -0.25) is 14.4 Å². The average Bonchev–Trinajstić information content (AvgIpc) is 2.63. The lowest BCUT2D eigenvalue weighted by Crippen LogP contribution is -2.19. The predicted octanol–water partition coefficient (Wildman–Crippen LogP) is 2.77. The number of anilines is 2. The van der Waals surface area contributed by atoms with Gasteiger partial charge in [-0.05, 0) is 30.3 Å². The first-order valence-electron chi connectivity index (χ1n) is 8.15. The Morgan fingerprint density at radius 3 is 2.12 bits per heavy atom. The van der Waals surface area contributed by atoms with Gasteiger partial charge >= 0.3 is 0 Å². The Labute approximate surface area is 149 Å². The topological polar surface area (TPSA) is 104 Å². The molecule has 0 radical (unpaired) electrons. The van der Waals surface area contributed by atoms with E-state index in [1.54, 1.807) is 48.5 Å². The molecule has 0 fully saturated rings. The minimum Gasteiger partial charge on any atom is -0.326 e. The van der Waals surface area contributed by atoms with E-state index in [0.717, 1.165) is 0 Å². The second-order valence-corrected chi connectivity index (χ2v) is 6.12. The van der Waals surface area contributed by atoms with Crippen molar-refractivity contribution in [3.05, 3.63) is 64.6 Å². The molecule has 7 nitrogen and oxygen atoms in total. The zero-order valence-corrected chi connectivity index (χ0v) is 14.4. The molecule has 2 amide bonds. The molecule has 0 aliphatic carbocycles. The normalized spacial score (nSPS) is 10.7. The van der Waals surface area contributed by atoms with Gasteiger partial charge in [0.25, 0.3) is 11.5 Å². The number of hydrogen-bond acceptors (Lipinski definition) is 4. The summed E-state index contributed by atoms with van der Waals surface area (Å²) in [6.07, 6.45) is 0. The molecule has 1 aromatic heterocycles. The van der Waals surface area contributed by atoms with Crippen LogP contribution in [0, 0.1) is 5.92 Å². The number of amides is 2. The maximum Gasteiger partial charge on any atom is 0.276 e. The van der Waals surface area contributed by atoms with Crippen molar-refractivity contribution in [2.45, 2.75) is 13.8 Å². The first-order valence-corrected chi connectivity index (χ1v) is 8.15. The quantitative estimate of drug-likeness (QED) is 0.673. The van der Waals surface area contributed by atoms with Gasteiger partial charge in [0.2, 0.25) is 5.91 Å². The molecule has 26 heavy (non-hydrogen) atoms. The lowest BCUT2D eigenvalue weighted by molar-refractivity contribution is -0.118. The van der Waals surface area contributed by atoms with Crippen molar-refractivity contribution in [1.82, 2.24) is 10.2 Å². The van der Waals surface area contributed by atoms with Gasteiger partial charge < -0.3 is 10.6 Å². The highest BCUT2D eigenvalue weighted by Crippen LogP contribution is 2.17. The molecule has 1 heterocycles. The van der Waals surface area contributed by atoms with Gasteiger partial charge in [-0.25, -0.2) is 5.10 Å². The third kappa shape index (κ3) is 3.61. The second-order valence-electron chi connectivity index (χ2n) is 6.12. The molecule has 3 N–H and O–H groups in total. The molecule has 2 aromatic carbocycles. The monoisotopic (exact) mass is 350 g/mol. The molecule has 0 atom stereocenters. The molecule has 0 bridgehead atoms. The van der Waals surface area contributed by atoms with Crippen LogP contribution in [-0.4, -0.2) is 22.0 Å². The number of aromatic amines is 1. The Hall–Kier alpha value is -3.48. The fourth-order valence-corrected chi connectivity index (χ4v) is 2.40. The summed E-state index contributed by atoms with van der Waals surface area (Å²) in [4.78, 5) is 36.0. The summed E-state index contributed by atoms with van der Waals surface area (Å²) in [5, 5.41) is 12.6. The minimum absolute atomic E-state index is 0.0781. The SMILES string of the molecule is CC(C)C(=O)Nc1ccc(NC(=O)c2n[nH]c(=O)c3ccccc23)cc1. The van der Waals surface area contributed by atoms with Crippen LogP contribution >= 0.6 is 0 Å². The highest BCUT2D eigenvalue weighted by Gasteiger charge is 2.14. The van der Waals surface area contributed by atoms with Gasteiger partial charge in [-0.2, -0.15) is 5.10 Å². The number of H-pyrrole nitrogens is 1. The fraction of sp³-hybridized carbons (Fsp3) is 0.158. The number of benzene rings is 2. The van der Waals surface area contributed by atoms with E-state index in [4.69, 9.17) is 0 Å². The van der Waals surface area contributed by atoms with Crippen molar-refractivity contribution in [3.8, 4) is 0 Å². The van der Waals surface area contributed by atoms with Crippen LogP contribution < -0.4 is 16.2 Å². The van der Waals surface area contributed by atoms with Gasteiger partial charge in [0.1, 0.15) is 0 Å². The molecule has 3 aromatic rings. The van der Waals surface area contributed by atoms with Gasteiger partial charge in [-0.1, -0.05) is 32.0 Å². The van der Waals surface area contributed by atoms with Crippen LogP contribution in [0.15, 0.2) is 53.3 Å².